The summed E-state index contributed by atoms with van der Waals surface area (Å²) in [4.78, 5) is 10.2. The van der Waals surface area contributed by atoms with Crippen LogP contribution in [0, 0.1) is 0 Å². The second-order valence-corrected chi connectivity index (χ2v) is 2.43. The Balaban J connectivity index is -0.0000000623. The van der Waals surface area contributed by atoms with Crippen molar-refractivity contribution in [1.29, 1.82) is 0 Å². The molecule has 0 radical (unpaired) electrons. The minimum atomic E-state index is -1.13. The molecule has 2 atom stereocenters. The van der Waals surface area contributed by atoms with Crippen LogP contribution in [0.5, 0.6) is 0 Å². The fourth-order valence-corrected chi connectivity index (χ4v) is 0.974. The molecule has 0 bridgehead atoms. The molecule has 0 saturated carbocycles. The van der Waals surface area contributed by atoms with E-state index in [9.17, 15) is 9.90 Å². The maximum atomic E-state index is 10.2. The molecule has 97 valence electrons. The van der Waals surface area contributed by atoms with Gasteiger partial charge >= 0.3 is 124 Å². The summed E-state index contributed by atoms with van der Waals surface area (Å²) < 4.78 is 8.19. The first-order valence-electron chi connectivity index (χ1n) is 3.77. The Morgan fingerprint density at radius 3 is 1.72 bits per heavy atom. The number of rotatable bonds is 1. The number of hydrogen-bond donors (Lipinski definition) is 1. The van der Waals surface area contributed by atoms with Crippen molar-refractivity contribution in [3.63, 3.8) is 0 Å². The molecule has 12 heteroatoms. The van der Waals surface area contributed by atoms with Crippen LogP contribution in [0.25, 0.3) is 5.32 Å². The summed E-state index contributed by atoms with van der Waals surface area (Å²) in [7, 11) is 0. The predicted molar refractivity (Wildman–Crippen MR) is 32.9 cm³/mol. The fourth-order valence-electron chi connectivity index (χ4n) is 0.974. The molecule has 0 aromatic rings. The van der Waals surface area contributed by atoms with Crippen LogP contribution in [0.15, 0.2) is 0 Å². The Morgan fingerprint density at radius 1 is 1.11 bits per heavy atom. The van der Waals surface area contributed by atoms with Gasteiger partial charge in [0, 0.05) is 12.1 Å². The zero-order chi connectivity index (χ0) is 13.6. The standard InChI is InChI=1S/C6H10NO3.2K.2O2.O.V/c8-4-1-2-5(6(9)10)7-3-4;;;2*1-2;;/h4-5,8H,1-3H2,(H,9,10);;;;;;/q-1;2*+1;2*-2;;/p-1. The van der Waals surface area contributed by atoms with E-state index in [-0.39, 0.29) is 109 Å². The number of carboxylic acids is 1. The number of carbonyl (C=O) groups is 1. The quantitative estimate of drug-likeness (QED) is 0.274. The normalized spacial score (nSPS) is 19.6. The Bertz CT molecular complexity index is 161. The average molecular weight is 352 g/mol. The molecule has 1 aliphatic heterocycles. The van der Waals surface area contributed by atoms with Crippen molar-refractivity contribution < 1.29 is 160 Å². The van der Waals surface area contributed by atoms with Gasteiger partial charge in [0.25, 0.3) is 0 Å². The third kappa shape index (κ3) is 21.2. The molecule has 1 N–H and O–H groups in total. The summed E-state index contributed by atoms with van der Waals surface area (Å²) in [6.45, 7) is 0.235. The van der Waals surface area contributed by atoms with Gasteiger partial charge in [-0.3, -0.25) is 0 Å². The van der Waals surface area contributed by atoms with Gasteiger partial charge in [0.1, 0.15) is 0 Å². The predicted octanol–water partition coefficient (Wildman–Crippen LogP) is -12.2. The average Bonchev–Trinajstić information content (AvgIpc) is 2.37. The molecule has 1 saturated heterocycles. The van der Waals surface area contributed by atoms with Crippen molar-refractivity contribution in [1.82, 2.24) is 0 Å². The van der Waals surface area contributed by atoms with Crippen molar-refractivity contribution in [2.45, 2.75) is 25.0 Å². The first kappa shape index (κ1) is 32.7. The summed E-state index contributed by atoms with van der Waals surface area (Å²) in [5.41, 5.74) is 0. The van der Waals surface area contributed by atoms with Crippen LogP contribution in [-0.2, 0) is 25.8 Å². The molecule has 0 aromatic heterocycles. The molecule has 2 unspecified atom stereocenters. The third-order valence-electron chi connectivity index (χ3n) is 1.58. The Morgan fingerprint density at radius 2 is 1.50 bits per heavy atom. The molecule has 18 heavy (non-hydrogen) atoms. The molecule has 0 aromatic carbocycles. The van der Waals surface area contributed by atoms with E-state index in [4.69, 9.17) is 29.8 Å². The number of carboxylic acid groups (broad SMARTS) is 1. The Labute approximate surface area is 198 Å². The van der Waals surface area contributed by atoms with Crippen molar-refractivity contribution in [3.8, 4) is 0 Å². The van der Waals surface area contributed by atoms with Crippen LogP contribution in [0.3, 0.4) is 0 Å². The molecule has 1 rings (SSSR count). The van der Waals surface area contributed by atoms with Crippen molar-refractivity contribution in [2.75, 3.05) is 6.54 Å². The first-order valence-corrected chi connectivity index (χ1v) is 4.34. The number of aliphatic hydroxyl groups is 1. The summed E-state index contributed by atoms with van der Waals surface area (Å²) in [5.74, 6) is -1.13. The van der Waals surface area contributed by atoms with Crippen LogP contribution in [0.2, 0.25) is 0 Å². The van der Waals surface area contributed by atoms with Gasteiger partial charge in [-0.2, -0.15) is 0 Å². The van der Waals surface area contributed by atoms with E-state index in [1.165, 1.54) is 0 Å². The van der Waals surface area contributed by atoms with Crippen LogP contribution in [0.1, 0.15) is 12.8 Å². The van der Waals surface area contributed by atoms with Gasteiger partial charge < -0.3 is 41.4 Å². The SMILES string of the molecule is O=C([O-])C1CCC(O)C[N-]1.[K+].[K+].[O-][O-].[O-][O-].[O]=[V]. The zero-order valence-corrected chi connectivity index (χ0v) is 17.6. The van der Waals surface area contributed by atoms with Crippen LogP contribution < -0.4 is 129 Å². The van der Waals surface area contributed by atoms with E-state index in [0.29, 0.717) is 12.8 Å². The fraction of sp³-hybridized carbons (Fsp3) is 0.833. The molecule has 1 heterocycles. The molecule has 1 fully saturated rings. The number of piperidine rings is 1. The number of aliphatic hydroxyl groups excluding tert-OH is 1. The molecule has 9 nitrogen and oxygen atoms in total. The van der Waals surface area contributed by atoms with Gasteiger partial charge in [-0.05, 0) is 6.42 Å². The van der Waals surface area contributed by atoms with Crippen LogP contribution in [0.4, 0.5) is 0 Å². The Kier molecular flexibility index (Phi) is 51.1. The first-order chi connectivity index (χ1) is 7.70. The van der Waals surface area contributed by atoms with Crippen molar-refractivity contribution in [2.24, 2.45) is 0 Å². The summed E-state index contributed by atoms with van der Waals surface area (Å²) in [6, 6.07) is -0.691. The van der Waals surface area contributed by atoms with Crippen LogP contribution >= 0.6 is 0 Å². The monoisotopic (exact) mass is 352 g/mol. The van der Waals surface area contributed by atoms with Crippen LogP contribution in [-0.4, -0.2) is 29.8 Å². The summed E-state index contributed by atoms with van der Waals surface area (Å²) >= 11 is 1.06. The van der Waals surface area contributed by atoms with E-state index >= 15 is 0 Å². The molecular weight excluding hydrogens is 343 g/mol. The third-order valence-corrected chi connectivity index (χ3v) is 1.58. The van der Waals surface area contributed by atoms with Gasteiger partial charge in [0.2, 0.25) is 0 Å². The summed E-state index contributed by atoms with van der Waals surface area (Å²) in [6.07, 6.45) is 0.474. The van der Waals surface area contributed by atoms with Gasteiger partial charge in [0.15, 0.2) is 0 Å². The zero-order valence-electron chi connectivity index (χ0n) is 9.98. The molecule has 0 aliphatic carbocycles. The van der Waals surface area contributed by atoms with E-state index < -0.39 is 18.1 Å². The van der Waals surface area contributed by atoms with Gasteiger partial charge in [-0.1, -0.05) is 12.5 Å². The second kappa shape index (κ2) is 28.1. The molecule has 0 amide bonds. The number of aliphatic carboxylic acids is 1. The van der Waals surface area contributed by atoms with E-state index in [1.54, 1.807) is 0 Å². The van der Waals surface area contributed by atoms with E-state index in [0.717, 1.165) is 17.4 Å². The van der Waals surface area contributed by atoms with Gasteiger partial charge in [0.05, 0.1) is 0 Å². The van der Waals surface area contributed by atoms with E-state index in [1.807, 2.05) is 0 Å². The van der Waals surface area contributed by atoms with Crippen molar-refractivity contribution >= 4 is 5.97 Å². The molecular formula is C6H9K2NO8V-4. The minimum absolute atomic E-state index is 0. The molecule has 0 spiro atoms. The van der Waals surface area contributed by atoms with Crippen molar-refractivity contribution in [3.05, 3.63) is 5.32 Å². The Hall–Kier alpha value is 2.89. The van der Waals surface area contributed by atoms with Gasteiger partial charge in [-0.15, -0.1) is 6.54 Å². The topological polar surface area (TPSA) is 184 Å². The number of carbonyl (C=O) groups excluding carboxylic acids is 1. The summed E-state index contributed by atoms with van der Waals surface area (Å²) in [5, 5.41) is 50.8. The number of nitrogens with zero attached hydrogens (tertiary/aromatic N) is 1. The molecule has 1 aliphatic rings. The van der Waals surface area contributed by atoms with Gasteiger partial charge in [-0.25, -0.2) is 0 Å². The van der Waals surface area contributed by atoms with E-state index in [2.05, 4.69) is 5.32 Å². The maximum absolute atomic E-state index is 10.2. The number of hydrogen-bond acceptors (Lipinski definition) is 8. The second-order valence-electron chi connectivity index (χ2n) is 2.43.